The number of nitrogens with zero attached hydrogens (tertiary/aromatic N) is 2. The van der Waals surface area contributed by atoms with Crippen LogP contribution in [0.2, 0.25) is 0 Å². The molecule has 1 aromatic rings. The summed E-state index contributed by atoms with van der Waals surface area (Å²) in [6, 6.07) is 5.46. The molecule has 2 rings (SSSR count). The highest BCUT2D eigenvalue weighted by Gasteiger charge is 2.21. The van der Waals surface area contributed by atoms with Gasteiger partial charge in [0.2, 0.25) is 5.17 Å². The van der Waals surface area contributed by atoms with E-state index in [0.717, 1.165) is 12.5 Å². The van der Waals surface area contributed by atoms with Gasteiger partial charge in [-0.2, -0.15) is 15.8 Å². The van der Waals surface area contributed by atoms with Crippen molar-refractivity contribution in [3.63, 3.8) is 0 Å². The lowest BCUT2D eigenvalue weighted by Crippen LogP contribution is -2.24. The fraction of sp³-hybridized carbons (Fsp3) is 0.273. The first kappa shape index (κ1) is 12.1. The molecule has 0 bridgehead atoms. The summed E-state index contributed by atoms with van der Waals surface area (Å²) in [6.45, 7) is 2.01. The summed E-state index contributed by atoms with van der Waals surface area (Å²) in [7, 11) is 0. The zero-order valence-electron chi connectivity index (χ0n) is 9.18. The largest absolute Gasteiger partial charge is 0.279 e. The highest BCUT2D eigenvalue weighted by atomic mass is 32.2. The van der Waals surface area contributed by atoms with Gasteiger partial charge in [-0.1, -0.05) is 24.8 Å². The number of carbonyl (C=O) groups excluding carboxylic acids is 1. The van der Waals surface area contributed by atoms with E-state index in [-0.39, 0.29) is 10.9 Å². The molecule has 1 amide bonds. The van der Waals surface area contributed by atoms with Gasteiger partial charge in [0.05, 0.1) is 5.37 Å². The van der Waals surface area contributed by atoms with E-state index in [1.54, 1.807) is 0 Å². The van der Waals surface area contributed by atoms with Crippen LogP contribution in [0.1, 0.15) is 23.7 Å². The maximum Gasteiger partial charge on any atom is 0.279 e. The molecule has 6 heteroatoms. The van der Waals surface area contributed by atoms with Crippen molar-refractivity contribution in [3.8, 4) is 0 Å². The second-order valence-corrected chi connectivity index (χ2v) is 4.64. The van der Waals surface area contributed by atoms with E-state index < -0.39 is 11.7 Å². The Morgan fingerprint density at radius 1 is 1.65 bits per heavy atom. The number of hydrogen-bond donors (Lipinski definition) is 1. The lowest BCUT2D eigenvalue weighted by Gasteiger charge is -1.98. The number of benzene rings is 1. The average molecular weight is 252 g/mol. The minimum atomic E-state index is -0.477. The number of hydrogen-bond acceptors (Lipinski definition) is 3. The molecule has 0 spiro atoms. The fourth-order valence-electron chi connectivity index (χ4n) is 1.31. The Hall–Kier alpha value is -1.40. The Labute approximate surface area is 103 Å². The van der Waals surface area contributed by atoms with Gasteiger partial charge in [-0.25, -0.2) is 4.39 Å². The predicted octanol–water partition coefficient (Wildman–Crippen LogP) is 1.91. The second-order valence-electron chi connectivity index (χ2n) is 3.47. The summed E-state index contributed by atoms with van der Waals surface area (Å²) in [6.07, 6.45) is 0.890. The zero-order valence-corrected chi connectivity index (χ0v) is 10.00. The standard InChI is InChI=1S/C11H11FN3OS/c1-2-9-14-15-11(17-9)13-10(16)7-4-3-5-8(12)6-7/h3-6,9,14H,2H2,1H3. The van der Waals surface area contributed by atoms with Crippen LogP contribution < -0.4 is 10.9 Å². The van der Waals surface area contributed by atoms with Crippen molar-refractivity contribution in [1.29, 1.82) is 0 Å². The SMILES string of the molecule is CCC1N[N]C(=NC(=O)c2cccc(F)c2)S1. The molecule has 1 aliphatic rings. The zero-order chi connectivity index (χ0) is 12.3. The summed E-state index contributed by atoms with van der Waals surface area (Å²) in [5.41, 5.74) is 7.01. The van der Waals surface area contributed by atoms with Gasteiger partial charge in [0.25, 0.3) is 5.91 Å². The Morgan fingerprint density at radius 2 is 2.47 bits per heavy atom. The van der Waals surface area contributed by atoms with E-state index in [2.05, 4.69) is 15.8 Å². The molecule has 0 aromatic heterocycles. The topological polar surface area (TPSA) is 55.6 Å². The molecule has 1 heterocycles. The van der Waals surface area contributed by atoms with Gasteiger partial charge < -0.3 is 0 Å². The molecule has 1 aromatic carbocycles. The highest BCUT2D eigenvalue weighted by molar-refractivity contribution is 8.14. The van der Waals surface area contributed by atoms with Crippen molar-refractivity contribution in [1.82, 2.24) is 10.9 Å². The van der Waals surface area contributed by atoms with Gasteiger partial charge in [-0.15, -0.1) is 0 Å². The normalized spacial score (nSPS) is 21.5. The third-order valence-corrected chi connectivity index (χ3v) is 3.31. The Kier molecular flexibility index (Phi) is 3.75. The molecular weight excluding hydrogens is 241 g/mol. The summed E-state index contributed by atoms with van der Waals surface area (Å²) >= 11 is 1.40. The van der Waals surface area contributed by atoms with Crippen molar-refractivity contribution in [2.45, 2.75) is 18.7 Å². The Balaban J connectivity index is 2.09. The first-order valence-corrected chi connectivity index (χ1v) is 6.08. The van der Waals surface area contributed by atoms with Crippen LogP contribution in [0.3, 0.4) is 0 Å². The predicted molar refractivity (Wildman–Crippen MR) is 65.1 cm³/mol. The third kappa shape index (κ3) is 3.04. The molecule has 4 nitrogen and oxygen atoms in total. The van der Waals surface area contributed by atoms with Crippen LogP contribution in [-0.4, -0.2) is 16.4 Å². The number of halogens is 1. The first-order chi connectivity index (χ1) is 8.19. The smallest absolute Gasteiger partial charge is 0.267 e. The number of rotatable bonds is 2. The Bertz CT molecular complexity index is 464. The van der Waals surface area contributed by atoms with E-state index >= 15 is 0 Å². The van der Waals surface area contributed by atoms with Gasteiger partial charge in [0.15, 0.2) is 0 Å². The second kappa shape index (κ2) is 5.29. The molecule has 1 atom stereocenters. The van der Waals surface area contributed by atoms with Crippen LogP contribution in [0.5, 0.6) is 0 Å². The van der Waals surface area contributed by atoms with Crippen LogP contribution >= 0.6 is 11.8 Å². The molecule has 1 N–H and O–H groups in total. The molecule has 1 radical (unpaired) electrons. The number of nitrogens with one attached hydrogen (secondary N) is 1. The summed E-state index contributed by atoms with van der Waals surface area (Å²) in [5.74, 6) is -0.925. The van der Waals surface area contributed by atoms with E-state index in [9.17, 15) is 9.18 Å². The van der Waals surface area contributed by atoms with Gasteiger partial charge in [0.1, 0.15) is 5.82 Å². The van der Waals surface area contributed by atoms with Gasteiger partial charge in [-0.3, -0.25) is 4.79 Å². The monoisotopic (exact) mass is 252 g/mol. The van der Waals surface area contributed by atoms with Crippen LogP contribution in [0.25, 0.3) is 0 Å². The minimum Gasteiger partial charge on any atom is -0.267 e. The number of amidine groups is 1. The van der Waals surface area contributed by atoms with Crippen LogP contribution in [-0.2, 0) is 0 Å². The van der Waals surface area contributed by atoms with Crippen molar-refractivity contribution in [2.75, 3.05) is 0 Å². The number of thioether (sulfide) groups is 1. The molecule has 89 valence electrons. The molecule has 0 aliphatic carbocycles. The molecule has 17 heavy (non-hydrogen) atoms. The van der Waals surface area contributed by atoms with Gasteiger partial charge in [-0.05, 0) is 24.6 Å². The maximum absolute atomic E-state index is 12.9. The Morgan fingerprint density at radius 3 is 3.12 bits per heavy atom. The van der Waals surface area contributed by atoms with Crippen LogP contribution in [0.4, 0.5) is 4.39 Å². The maximum atomic E-state index is 12.9. The first-order valence-electron chi connectivity index (χ1n) is 5.20. The highest BCUT2D eigenvalue weighted by Crippen LogP contribution is 2.18. The summed E-state index contributed by atoms with van der Waals surface area (Å²) < 4.78 is 12.9. The molecule has 1 unspecified atom stereocenters. The van der Waals surface area contributed by atoms with Crippen molar-refractivity contribution < 1.29 is 9.18 Å². The molecule has 1 aliphatic heterocycles. The van der Waals surface area contributed by atoms with E-state index in [1.807, 2.05) is 6.92 Å². The number of aliphatic imine (C=N–C) groups is 1. The average Bonchev–Trinajstić information content (AvgIpc) is 2.77. The summed E-state index contributed by atoms with van der Waals surface area (Å²) in [4.78, 5) is 15.5. The molecular formula is C11H11FN3OS. The van der Waals surface area contributed by atoms with E-state index in [0.29, 0.717) is 5.17 Å². The quantitative estimate of drug-likeness (QED) is 0.874. The number of carbonyl (C=O) groups is 1. The van der Waals surface area contributed by atoms with Crippen LogP contribution in [0, 0.1) is 5.82 Å². The lowest BCUT2D eigenvalue weighted by atomic mass is 10.2. The van der Waals surface area contributed by atoms with Crippen molar-refractivity contribution in [2.24, 2.45) is 4.99 Å². The fourth-order valence-corrected chi connectivity index (χ4v) is 2.07. The number of amides is 1. The van der Waals surface area contributed by atoms with Gasteiger partial charge >= 0.3 is 0 Å². The minimum absolute atomic E-state index is 0.161. The van der Waals surface area contributed by atoms with E-state index in [1.165, 1.54) is 30.0 Å². The van der Waals surface area contributed by atoms with Crippen molar-refractivity contribution in [3.05, 3.63) is 35.6 Å². The molecule has 0 saturated carbocycles. The summed E-state index contributed by atoms with van der Waals surface area (Å²) in [5, 5.41) is 0.556. The molecule has 1 fully saturated rings. The van der Waals surface area contributed by atoms with Crippen molar-refractivity contribution >= 4 is 22.8 Å². The molecule has 1 saturated heterocycles. The van der Waals surface area contributed by atoms with E-state index in [4.69, 9.17) is 0 Å². The lowest BCUT2D eigenvalue weighted by molar-refractivity contribution is 0.100. The van der Waals surface area contributed by atoms with Crippen LogP contribution in [0.15, 0.2) is 29.3 Å². The van der Waals surface area contributed by atoms with Gasteiger partial charge in [0, 0.05) is 5.56 Å². The third-order valence-electron chi connectivity index (χ3n) is 2.19.